The van der Waals surface area contributed by atoms with E-state index in [1.54, 1.807) is 0 Å². The number of aryl methyl sites for hydroxylation is 1. The Kier molecular flexibility index (Phi) is 5.67. The van der Waals surface area contributed by atoms with E-state index in [9.17, 15) is 9.59 Å². The molecule has 150 valence electrons. The molecule has 1 aliphatic carbocycles. The first-order valence-corrected chi connectivity index (χ1v) is 10.5. The quantitative estimate of drug-likeness (QED) is 0.735. The summed E-state index contributed by atoms with van der Waals surface area (Å²) in [6, 6.07) is 8.28. The second kappa shape index (κ2) is 8.35. The van der Waals surface area contributed by atoms with Gasteiger partial charge >= 0.3 is 0 Å². The van der Waals surface area contributed by atoms with Crippen molar-refractivity contribution in [3.05, 3.63) is 36.0 Å². The number of primary amides is 1. The van der Waals surface area contributed by atoms with Crippen LogP contribution in [-0.2, 0) is 22.7 Å². The predicted octanol–water partition coefficient (Wildman–Crippen LogP) is 2.25. The Morgan fingerprint density at radius 1 is 1.18 bits per heavy atom. The number of piperidine rings is 1. The van der Waals surface area contributed by atoms with Crippen molar-refractivity contribution in [2.24, 2.45) is 17.6 Å². The molecule has 1 aromatic carbocycles. The summed E-state index contributed by atoms with van der Waals surface area (Å²) in [6.45, 7) is 4.14. The van der Waals surface area contributed by atoms with E-state index in [1.165, 1.54) is 17.4 Å². The van der Waals surface area contributed by atoms with Gasteiger partial charge in [-0.1, -0.05) is 18.2 Å². The fraction of sp³-hybridized carbons (Fsp3) is 0.545. The third kappa shape index (κ3) is 4.38. The molecule has 2 fully saturated rings. The van der Waals surface area contributed by atoms with Crippen molar-refractivity contribution < 1.29 is 9.59 Å². The lowest BCUT2D eigenvalue weighted by Gasteiger charge is -2.33. The molecule has 0 unspecified atom stereocenters. The van der Waals surface area contributed by atoms with Gasteiger partial charge in [0.1, 0.15) is 0 Å². The summed E-state index contributed by atoms with van der Waals surface area (Å²) in [5.41, 5.74) is 7.69. The molecule has 2 aromatic rings. The van der Waals surface area contributed by atoms with Gasteiger partial charge in [-0.15, -0.1) is 0 Å². The summed E-state index contributed by atoms with van der Waals surface area (Å²) in [6.07, 6.45) is 6.93. The first-order valence-electron chi connectivity index (χ1n) is 10.5. The Morgan fingerprint density at radius 3 is 2.79 bits per heavy atom. The van der Waals surface area contributed by atoms with Gasteiger partial charge in [-0.2, -0.15) is 0 Å². The summed E-state index contributed by atoms with van der Waals surface area (Å²) >= 11 is 0. The third-order valence-electron chi connectivity index (χ3n) is 5.98. The van der Waals surface area contributed by atoms with Crippen molar-refractivity contribution in [1.82, 2.24) is 14.8 Å². The highest BCUT2D eigenvalue weighted by Crippen LogP contribution is 2.32. The molecule has 6 heteroatoms. The zero-order valence-corrected chi connectivity index (χ0v) is 16.4. The van der Waals surface area contributed by atoms with Crippen LogP contribution in [0.2, 0.25) is 0 Å². The van der Waals surface area contributed by atoms with Crippen molar-refractivity contribution >= 4 is 22.7 Å². The van der Waals surface area contributed by atoms with E-state index in [1.807, 2.05) is 12.1 Å². The van der Waals surface area contributed by atoms with Gasteiger partial charge in [0.05, 0.1) is 0 Å². The van der Waals surface area contributed by atoms with Crippen LogP contribution in [0.15, 0.2) is 30.5 Å². The molecule has 3 N–H and O–H groups in total. The molecule has 1 atom stereocenters. The van der Waals surface area contributed by atoms with Crippen molar-refractivity contribution in [1.29, 1.82) is 0 Å². The SMILES string of the molecule is NC(=O)CCn1cc(CNC[C@@H]2CCCN(C(=O)C3CC3)C2)c2ccccc21. The van der Waals surface area contributed by atoms with Gasteiger partial charge in [-0.05, 0) is 49.8 Å². The molecule has 1 saturated carbocycles. The van der Waals surface area contributed by atoms with Crippen molar-refractivity contribution in [3.8, 4) is 0 Å². The van der Waals surface area contributed by atoms with Crippen LogP contribution in [0.1, 0.15) is 37.7 Å². The first-order chi connectivity index (χ1) is 13.6. The number of carbonyl (C=O) groups is 2. The molecule has 0 bridgehead atoms. The first kappa shape index (κ1) is 19.0. The molecule has 1 aliphatic heterocycles. The summed E-state index contributed by atoms with van der Waals surface area (Å²) in [4.78, 5) is 25.6. The number of nitrogens with two attached hydrogens (primary N) is 1. The van der Waals surface area contributed by atoms with Crippen molar-refractivity contribution in [3.63, 3.8) is 0 Å². The van der Waals surface area contributed by atoms with E-state index in [2.05, 4.69) is 33.1 Å². The largest absolute Gasteiger partial charge is 0.370 e. The fourth-order valence-electron chi connectivity index (χ4n) is 4.31. The molecule has 1 aromatic heterocycles. The Labute approximate surface area is 166 Å². The van der Waals surface area contributed by atoms with Crippen molar-refractivity contribution in [2.45, 2.75) is 45.2 Å². The lowest BCUT2D eigenvalue weighted by atomic mass is 9.97. The van der Waals surface area contributed by atoms with E-state index < -0.39 is 0 Å². The number of benzene rings is 1. The maximum atomic E-state index is 12.3. The van der Waals surface area contributed by atoms with Crippen LogP contribution in [0, 0.1) is 11.8 Å². The van der Waals surface area contributed by atoms with Crippen LogP contribution >= 0.6 is 0 Å². The number of nitrogens with one attached hydrogen (secondary N) is 1. The third-order valence-corrected chi connectivity index (χ3v) is 5.98. The minimum Gasteiger partial charge on any atom is -0.370 e. The van der Waals surface area contributed by atoms with Gasteiger partial charge < -0.3 is 20.5 Å². The number of aromatic nitrogens is 1. The standard InChI is InChI=1S/C22H30N4O2/c23-21(27)9-11-25-15-18(19-5-1-2-6-20(19)25)13-24-12-16-4-3-10-26(14-16)22(28)17-7-8-17/h1-2,5-6,15-17,24H,3-4,7-14H2,(H2,23,27)/t16-/m0/s1. The second-order valence-electron chi connectivity index (χ2n) is 8.28. The number of nitrogens with zero attached hydrogens (tertiary/aromatic N) is 2. The molecule has 2 heterocycles. The average Bonchev–Trinajstić information content (AvgIpc) is 3.49. The van der Waals surface area contributed by atoms with Crippen LogP contribution in [0.4, 0.5) is 0 Å². The lowest BCUT2D eigenvalue weighted by molar-refractivity contribution is -0.134. The molecule has 1 saturated heterocycles. The van der Waals surface area contributed by atoms with E-state index in [-0.39, 0.29) is 5.91 Å². The zero-order valence-electron chi connectivity index (χ0n) is 16.4. The monoisotopic (exact) mass is 382 g/mol. The van der Waals surface area contributed by atoms with Crippen LogP contribution < -0.4 is 11.1 Å². The molecule has 2 aliphatic rings. The number of carbonyl (C=O) groups excluding carboxylic acids is 2. The maximum absolute atomic E-state index is 12.3. The van der Waals surface area contributed by atoms with Gasteiger partial charge in [-0.3, -0.25) is 9.59 Å². The molecular weight excluding hydrogens is 352 g/mol. The van der Waals surface area contributed by atoms with E-state index >= 15 is 0 Å². The highest BCUT2D eigenvalue weighted by Gasteiger charge is 2.35. The molecule has 0 spiro atoms. The van der Waals surface area contributed by atoms with Crippen molar-refractivity contribution in [2.75, 3.05) is 19.6 Å². The summed E-state index contributed by atoms with van der Waals surface area (Å²) < 4.78 is 2.12. The summed E-state index contributed by atoms with van der Waals surface area (Å²) in [5, 5.41) is 4.82. The lowest BCUT2D eigenvalue weighted by Crippen LogP contribution is -2.43. The Bertz CT molecular complexity index is 855. The molecule has 6 nitrogen and oxygen atoms in total. The van der Waals surface area contributed by atoms with Crippen LogP contribution in [-0.4, -0.2) is 40.9 Å². The molecule has 4 rings (SSSR count). The number of fused-ring (bicyclic) bond motifs is 1. The van der Waals surface area contributed by atoms with E-state index in [0.29, 0.717) is 30.7 Å². The number of rotatable bonds is 8. The summed E-state index contributed by atoms with van der Waals surface area (Å²) in [7, 11) is 0. The van der Waals surface area contributed by atoms with Gasteiger partial charge in [0.25, 0.3) is 0 Å². The van der Waals surface area contributed by atoms with Crippen LogP contribution in [0.3, 0.4) is 0 Å². The van der Waals surface area contributed by atoms with Gasteiger partial charge in [0, 0.05) is 55.6 Å². The Morgan fingerprint density at radius 2 is 2.00 bits per heavy atom. The van der Waals surface area contributed by atoms with Crippen LogP contribution in [0.25, 0.3) is 10.9 Å². The predicted molar refractivity (Wildman–Crippen MR) is 109 cm³/mol. The van der Waals surface area contributed by atoms with Crippen LogP contribution in [0.5, 0.6) is 0 Å². The maximum Gasteiger partial charge on any atom is 0.225 e. The normalized spacial score (nSPS) is 19.9. The summed E-state index contributed by atoms with van der Waals surface area (Å²) in [5.74, 6) is 0.945. The number of likely N-dealkylation sites (tertiary alicyclic amines) is 1. The minimum absolute atomic E-state index is 0.278. The van der Waals surface area contributed by atoms with Gasteiger partial charge in [-0.25, -0.2) is 0 Å². The molecule has 2 amide bonds. The number of amides is 2. The van der Waals surface area contributed by atoms with Gasteiger partial charge in [0.2, 0.25) is 11.8 Å². The highest BCUT2D eigenvalue weighted by atomic mass is 16.2. The fourth-order valence-corrected chi connectivity index (χ4v) is 4.31. The molecule has 28 heavy (non-hydrogen) atoms. The molecule has 0 radical (unpaired) electrons. The average molecular weight is 383 g/mol. The topological polar surface area (TPSA) is 80.4 Å². The Balaban J connectivity index is 1.35. The zero-order chi connectivity index (χ0) is 19.5. The highest BCUT2D eigenvalue weighted by molar-refractivity contribution is 5.84. The van der Waals surface area contributed by atoms with Gasteiger partial charge in [0.15, 0.2) is 0 Å². The van der Waals surface area contributed by atoms with E-state index in [4.69, 9.17) is 5.73 Å². The minimum atomic E-state index is -0.278. The number of hydrogen-bond donors (Lipinski definition) is 2. The molecular formula is C22H30N4O2. The second-order valence-corrected chi connectivity index (χ2v) is 8.28. The number of para-hydroxylation sites is 1. The number of hydrogen-bond acceptors (Lipinski definition) is 3. The smallest absolute Gasteiger partial charge is 0.225 e. The Hall–Kier alpha value is -2.34. The van der Waals surface area contributed by atoms with E-state index in [0.717, 1.165) is 51.0 Å².